The van der Waals surface area contributed by atoms with Gasteiger partial charge in [-0.25, -0.2) is 0 Å². The molecule has 0 bridgehead atoms. The van der Waals surface area contributed by atoms with E-state index in [1.165, 1.54) is 11.3 Å². The number of rotatable bonds is 2. The molecule has 0 spiro atoms. The fourth-order valence-corrected chi connectivity index (χ4v) is 3.57. The first-order valence-electron chi connectivity index (χ1n) is 5.14. The summed E-state index contributed by atoms with van der Waals surface area (Å²) < 4.78 is 0.677. The number of carbonyl (C=O) groups is 1. The van der Waals surface area contributed by atoms with Gasteiger partial charge in [0.25, 0.3) is 0 Å². The Bertz CT molecular complexity index is 366. The van der Waals surface area contributed by atoms with Crippen molar-refractivity contribution in [3.63, 3.8) is 0 Å². The van der Waals surface area contributed by atoms with Crippen LogP contribution in [0.15, 0.2) is 12.1 Å². The van der Waals surface area contributed by atoms with Crippen LogP contribution in [0.5, 0.6) is 0 Å². The lowest BCUT2D eigenvalue weighted by molar-refractivity contribution is -0.145. The van der Waals surface area contributed by atoms with E-state index >= 15 is 0 Å². The highest BCUT2D eigenvalue weighted by molar-refractivity contribution is 7.16. The maximum atomic E-state index is 11.4. The molecule has 4 heteroatoms. The summed E-state index contributed by atoms with van der Waals surface area (Å²) in [5, 5.41) is 9.42. The number of carboxylic acid groups (broad SMARTS) is 1. The molecule has 1 heterocycles. The molecular formula is C11H13ClO2S. The van der Waals surface area contributed by atoms with Gasteiger partial charge in [-0.2, -0.15) is 0 Å². The third kappa shape index (κ3) is 1.91. The van der Waals surface area contributed by atoms with Gasteiger partial charge in [0, 0.05) is 4.88 Å². The van der Waals surface area contributed by atoms with Crippen LogP contribution >= 0.6 is 22.9 Å². The first-order chi connectivity index (χ1) is 7.15. The Balaban J connectivity index is 2.37. The molecule has 1 fully saturated rings. The summed E-state index contributed by atoms with van der Waals surface area (Å²) in [5.74, 6) is -0.694. The number of aliphatic carboxylic acids is 1. The predicted octanol–water partition coefficient (Wildman–Crippen LogP) is 3.69. The summed E-state index contributed by atoms with van der Waals surface area (Å²) in [6.45, 7) is 0. The van der Waals surface area contributed by atoms with Crippen molar-refractivity contribution in [1.82, 2.24) is 0 Å². The zero-order valence-corrected chi connectivity index (χ0v) is 9.90. The van der Waals surface area contributed by atoms with E-state index in [0.29, 0.717) is 4.34 Å². The highest BCUT2D eigenvalue weighted by atomic mass is 35.5. The molecule has 1 N–H and O–H groups in total. The zero-order chi connectivity index (χ0) is 10.9. The molecule has 0 amide bonds. The van der Waals surface area contributed by atoms with Gasteiger partial charge in [0.15, 0.2) is 0 Å². The predicted molar refractivity (Wildman–Crippen MR) is 61.7 cm³/mol. The van der Waals surface area contributed by atoms with Crippen LogP contribution < -0.4 is 0 Å². The van der Waals surface area contributed by atoms with Gasteiger partial charge in [0.05, 0.1) is 4.34 Å². The van der Waals surface area contributed by atoms with Crippen LogP contribution in [0.1, 0.15) is 37.0 Å². The van der Waals surface area contributed by atoms with Crippen LogP contribution in [0.25, 0.3) is 0 Å². The van der Waals surface area contributed by atoms with Crippen LogP contribution in [-0.2, 0) is 10.2 Å². The van der Waals surface area contributed by atoms with Crippen LogP contribution in [0.2, 0.25) is 4.34 Å². The maximum Gasteiger partial charge on any atom is 0.314 e. The summed E-state index contributed by atoms with van der Waals surface area (Å²) in [7, 11) is 0. The van der Waals surface area contributed by atoms with Crippen molar-refractivity contribution in [2.24, 2.45) is 0 Å². The van der Waals surface area contributed by atoms with Gasteiger partial charge < -0.3 is 5.11 Å². The maximum absolute atomic E-state index is 11.4. The Morgan fingerprint density at radius 2 is 2.00 bits per heavy atom. The van der Waals surface area contributed by atoms with Crippen LogP contribution in [0.3, 0.4) is 0 Å². The third-order valence-corrected chi connectivity index (χ3v) is 4.60. The first kappa shape index (κ1) is 11.0. The molecule has 1 aromatic rings. The molecule has 1 aliphatic rings. The Kier molecular flexibility index (Phi) is 3.03. The second-order valence-electron chi connectivity index (χ2n) is 4.05. The molecule has 2 rings (SSSR count). The molecule has 0 unspecified atom stereocenters. The summed E-state index contributed by atoms with van der Waals surface area (Å²) in [4.78, 5) is 12.4. The average molecular weight is 245 g/mol. The lowest BCUT2D eigenvalue weighted by atomic mass is 9.73. The van der Waals surface area contributed by atoms with Crippen molar-refractivity contribution in [2.45, 2.75) is 37.5 Å². The SMILES string of the molecule is O=C(O)C1(c2ccc(Cl)s2)CCCCC1. The summed E-state index contributed by atoms with van der Waals surface area (Å²) in [5.41, 5.74) is -0.657. The quantitative estimate of drug-likeness (QED) is 0.862. The lowest BCUT2D eigenvalue weighted by Crippen LogP contribution is -2.36. The van der Waals surface area contributed by atoms with Gasteiger partial charge in [-0.05, 0) is 25.0 Å². The molecule has 2 nitrogen and oxygen atoms in total. The Morgan fingerprint density at radius 1 is 1.33 bits per heavy atom. The molecule has 82 valence electrons. The van der Waals surface area contributed by atoms with E-state index in [2.05, 4.69) is 0 Å². The standard InChI is InChI=1S/C11H13ClO2S/c12-9-5-4-8(15-9)11(10(13)14)6-2-1-3-7-11/h4-5H,1-3,6-7H2,(H,13,14). The summed E-state index contributed by atoms with van der Waals surface area (Å²) in [6.07, 6.45) is 4.65. The fourth-order valence-electron chi connectivity index (χ4n) is 2.29. The van der Waals surface area contributed by atoms with E-state index in [4.69, 9.17) is 11.6 Å². The van der Waals surface area contributed by atoms with E-state index in [0.717, 1.165) is 37.0 Å². The highest BCUT2D eigenvalue weighted by Crippen LogP contribution is 2.43. The van der Waals surface area contributed by atoms with Gasteiger partial charge in [0.1, 0.15) is 5.41 Å². The van der Waals surface area contributed by atoms with Gasteiger partial charge >= 0.3 is 5.97 Å². The smallest absolute Gasteiger partial charge is 0.314 e. The number of halogens is 1. The third-order valence-electron chi connectivity index (χ3n) is 3.16. The zero-order valence-electron chi connectivity index (χ0n) is 8.33. The topological polar surface area (TPSA) is 37.3 Å². The Labute approximate surface area is 97.9 Å². The van der Waals surface area contributed by atoms with Crippen LogP contribution in [0.4, 0.5) is 0 Å². The second kappa shape index (κ2) is 4.14. The van der Waals surface area contributed by atoms with Crippen molar-refractivity contribution in [3.05, 3.63) is 21.3 Å². The van der Waals surface area contributed by atoms with Gasteiger partial charge in [-0.3, -0.25) is 4.79 Å². The van der Waals surface area contributed by atoms with Crippen molar-refractivity contribution in [2.75, 3.05) is 0 Å². The van der Waals surface area contributed by atoms with Crippen molar-refractivity contribution >= 4 is 28.9 Å². The monoisotopic (exact) mass is 244 g/mol. The molecular weight excluding hydrogens is 232 g/mol. The minimum absolute atomic E-state index is 0.657. The fraction of sp³-hybridized carbons (Fsp3) is 0.545. The lowest BCUT2D eigenvalue weighted by Gasteiger charge is -2.32. The van der Waals surface area contributed by atoms with Gasteiger partial charge in [-0.1, -0.05) is 30.9 Å². The highest BCUT2D eigenvalue weighted by Gasteiger charge is 2.42. The van der Waals surface area contributed by atoms with Crippen molar-refractivity contribution in [3.8, 4) is 0 Å². The van der Waals surface area contributed by atoms with Crippen molar-refractivity contribution < 1.29 is 9.90 Å². The van der Waals surface area contributed by atoms with Crippen LogP contribution in [-0.4, -0.2) is 11.1 Å². The summed E-state index contributed by atoms with van der Waals surface area (Å²) >= 11 is 7.28. The molecule has 0 aliphatic heterocycles. The summed E-state index contributed by atoms with van der Waals surface area (Å²) in [6, 6.07) is 3.66. The minimum Gasteiger partial charge on any atom is -0.481 e. The molecule has 1 saturated carbocycles. The Morgan fingerprint density at radius 3 is 2.47 bits per heavy atom. The van der Waals surface area contributed by atoms with Crippen molar-refractivity contribution in [1.29, 1.82) is 0 Å². The van der Waals surface area contributed by atoms with E-state index in [-0.39, 0.29) is 0 Å². The van der Waals surface area contributed by atoms with E-state index in [9.17, 15) is 9.90 Å². The minimum atomic E-state index is -0.694. The largest absolute Gasteiger partial charge is 0.481 e. The van der Waals surface area contributed by atoms with Gasteiger partial charge in [-0.15, -0.1) is 11.3 Å². The molecule has 0 atom stereocenters. The number of hydrogen-bond acceptors (Lipinski definition) is 2. The Hall–Kier alpha value is -0.540. The molecule has 15 heavy (non-hydrogen) atoms. The molecule has 1 aliphatic carbocycles. The van der Waals surface area contributed by atoms with E-state index in [1.54, 1.807) is 6.07 Å². The molecule has 0 aromatic carbocycles. The van der Waals surface area contributed by atoms with Gasteiger partial charge in [0.2, 0.25) is 0 Å². The van der Waals surface area contributed by atoms with E-state index in [1.807, 2.05) is 6.07 Å². The number of hydrogen-bond donors (Lipinski definition) is 1. The van der Waals surface area contributed by atoms with Crippen LogP contribution in [0, 0.1) is 0 Å². The number of thiophene rings is 1. The normalized spacial score (nSPS) is 20.1. The average Bonchev–Trinajstić information content (AvgIpc) is 2.66. The number of carboxylic acids is 1. The van der Waals surface area contributed by atoms with E-state index < -0.39 is 11.4 Å². The molecule has 1 aromatic heterocycles. The second-order valence-corrected chi connectivity index (χ2v) is 5.77. The molecule has 0 saturated heterocycles. The molecule has 0 radical (unpaired) electrons. The first-order valence-corrected chi connectivity index (χ1v) is 6.34.